The fraction of sp³-hybridized carbons (Fsp3) is 0.300. The van der Waals surface area contributed by atoms with Crippen LogP contribution >= 0.6 is 0 Å². The molecule has 0 aromatic heterocycles. The Balaban J connectivity index is 1.60. The summed E-state index contributed by atoms with van der Waals surface area (Å²) in [5.41, 5.74) is 2.63. The number of hydrogen-bond acceptors (Lipinski definition) is 5. The molecule has 0 spiro atoms. The Labute approximate surface area is 157 Å². The van der Waals surface area contributed by atoms with Crippen molar-refractivity contribution in [2.75, 3.05) is 32.7 Å². The van der Waals surface area contributed by atoms with E-state index in [0.29, 0.717) is 23.8 Å². The highest BCUT2D eigenvalue weighted by Crippen LogP contribution is 2.29. The van der Waals surface area contributed by atoms with Crippen LogP contribution in [0.3, 0.4) is 0 Å². The summed E-state index contributed by atoms with van der Waals surface area (Å²) in [6.45, 7) is 0.815. The fourth-order valence-corrected chi connectivity index (χ4v) is 2.99. The number of amides is 2. The third kappa shape index (κ3) is 4.38. The molecule has 0 bridgehead atoms. The minimum Gasteiger partial charge on any atom is -0.497 e. The number of nitrogens with one attached hydrogen (secondary N) is 2. The van der Waals surface area contributed by atoms with E-state index in [1.54, 1.807) is 18.2 Å². The Morgan fingerprint density at radius 3 is 2.70 bits per heavy atom. The molecule has 0 radical (unpaired) electrons. The molecule has 7 heteroatoms. The average Bonchev–Trinajstić information content (AvgIpc) is 2.72. The summed E-state index contributed by atoms with van der Waals surface area (Å²) < 4.78 is 16.1. The molecular formula is C20H22N2O5. The quantitative estimate of drug-likeness (QED) is 0.787. The second-order valence-electron chi connectivity index (χ2n) is 6.04. The summed E-state index contributed by atoms with van der Waals surface area (Å²) in [6.07, 6.45) is 0.584. The standard InChI is InChI=1S/C20H22N2O5/c1-25-14-7-8-16(17(11-14)26-2)22-20(24)19(23)21-12-18-15-6-4-3-5-13(15)9-10-27-18/h3-8,11,18H,9-10,12H2,1-2H3,(H,21,23)(H,22,24). The maximum atomic E-state index is 12.2. The van der Waals surface area contributed by atoms with Gasteiger partial charge in [-0.15, -0.1) is 0 Å². The van der Waals surface area contributed by atoms with Gasteiger partial charge < -0.3 is 24.8 Å². The molecule has 0 saturated heterocycles. The molecule has 142 valence electrons. The largest absolute Gasteiger partial charge is 0.497 e. The van der Waals surface area contributed by atoms with Crippen molar-refractivity contribution in [2.45, 2.75) is 12.5 Å². The fourth-order valence-electron chi connectivity index (χ4n) is 2.99. The Hall–Kier alpha value is -3.06. The smallest absolute Gasteiger partial charge is 0.313 e. The van der Waals surface area contributed by atoms with E-state index in [1.807, 2.05) is 18.2 Å². The van der Waals surface area contributed by atoms with E-state index in [4.69, 9.17) is 14.2 Å². The SMILES string of the molecule is COc1ccc(NC(=O)C(=O)NCC2OCCc3ccccc32)c(OC)c1. The van der Waals surface area contributed by atoms with Crippen molar-refractivity contribution >= 4 is 17.5 Å². The lowest BCUT2D eigenvalue weighted by molar-refractivity contribution is -0.136. The summed E-state index contributed by atoms with van der Waals surface area (Å²) >= 11 is 0. The molecule has 1 unspecified atom stereocenters. The first-order valence-electron chi connectivity index (χ1n) is 8.63. The summed E-state index contributed by atoms with van der Waals surface area (Å²) in [6, 6.07) is 12.9. The molecular weight excluding hydrogens is 348 g/mol. The molecule has 1 atom stereocenters. The number of ether oxygens (including phenoxy) is 3. The van der Waals surface area contributed by atoms with Crippen LogP contribution in [0.2, 0.25) is 0 Å². The van der Waals surface area contributed by atoms with Crippen molar-refractivity contribution in [3.63, 3.8) is 0 Å². The van der Waals surface area contributed by atoms with E-state index in [0.717, 1.165) is 12.0 Å². The van der Waals surface area contributed by atoms with Crippen molar-refractivity contribution < 1.29 is 23.8 Å². The van der Waals surface area contributed by atoms with E-state index in [9.17, 15) is 9.59 Å². The number of methoxy groups -OCH3 is 2. The molecule has 27 heavy (non-hydrogen) atoms. The number of rotatable bonds is 5. The van der Waals surface area contributed by atoms with E-state index in [1.165, 1.54) is 19.8 Å². The van der Waals surface area contributed by atoms with Gasteiger partial charge in [-0.2, -0.15) is 0 Å². The number of hydrogen-bond donors (Lipinski definition) is 2. The molecule has 1 aliphatic heterocycles. The summed E-state index contributed by atoms with van der Waals surface area (Å²) in [4.78, 5) is 24.4. The number of anilines is 1. The summed E-state index contributed by atoms with van der Waals surface area (Å²) in [7, 11) is 3.01. The van der Waals surface area contributed by atoms with Crippen LogP contribution < -0.4 is 20.1 Å². The monoisotopic (exact) mass is 370 g/mol. The predicted molar refractivity (Wildman–Crippen MR) is 100 cm³/mol. The molecule has 1 heterocycles. The van der Waals surface area contributed by atoms with Gasteiger partial charge in [0.2, 0.25) is 0 Å². The minimum absolute atomic E-state index is 0.225. The third-order valence-corrected chi connectivity index (χ3v) is 4.40. The first kappa shape index (κ1) is 18.7. The maximum Gasteiger partial charge on any atom is 0.313 e. The number of carbonyl (C=O) groups is 2. The topological polar surface area (TPSA) is 85.9 Å². The summed E-state index contributed by atoms with van der Waals surface area (Å²) in [5.74, 6) is -0.524. The third-order valence-electron chi connectivity index (χ3n) is 4.40. The van der Waals surface area contributed by atoms with Gasteiger partial charge in [0.1, 0.15) is 17.6 Å². The normalized spacial score (nSPS) is 15.4. The zero-order valence-electron chi connectivity index (χ0n) is 15.3. The van der Waals surface area contributed by atoms with Gasteiger partial charge in [0.05, 0.1) is 26.5 Å². The van der Waals surface area contributed by atoms with Gasteiger partial charge in [-0.25, -0.2) is 0 Å². The van der Waals surface area contributed by atoms with E-state index in [2.05, 4.69) is 16.7 Å². The molecule has 0 saturated carbocycles. The van der Waals surface area contributed by atoms with Crippen molar-refractivity contribution in [3.05, 3.63) is 53.6 Å². The Morgan fingerprint density at radius 1 is 1.11 bits per heavy atom. The first-order chi connectivity index (χ1) is 13.1. The molecule has 7 nitrogen and oxygen atoms in total. The molecule has 2 amide bonds. The molecule has 2 N–H and O–H groups in total. The molecule has 0 aliphatic carbocycles. The predicted octanol–water partition coefficient (Wildman–Crippen LogP) is 2.07. The molecule has 1 aliphatic rings. The van der Waals surface area contributed by atoms with Crippen LogP contribution in [0.15, 0.2) is 42.5 Å². The van der Waals surface area contributed by atoms with Crippen LogP contribution in [0.1, 0.15) is 17.2 Å². The van der Waals surface area contributed by atoms with E-state index >= 15 is 0 Å². The highest BCUT2D eigenvalue weighted by molar-refractivity contribution is 6.39. The molecule has 2 aromatic rings. The second-order valence-corrected chi connectivity index (χ2v) is 6.04. The number of fused-ring (bicyclic) bond motifs is 1. The zero-order chi connectivity index (χ0) is 19.2. The van der Waals surface area contributed by atoms with E-state index < -0.39 is 11.8 Å². The van der Waals surface area contributed by atoms with Crippen molar-refractivity contribution in [3.8, 4) is 11.5 Å². The van der Waals surface area contributed by atoms with Crippen LogP contribution in [0.4, 0.5) is 5.69 Å². The van der Waals surface area contributed by atoms with Crippen LogP contribution in [-0.2, 0) is 20.7 Å². The van der Waals surface area contributed by atoms with Crippen LogP contribution in [0, 0.1) is 0 Å². The van der Waals surface area contributed by atoms with Gasteiger partial charge in [0.25, 0.3) is 0 Å². The minimum atomic E-state index is -0.775. The van der Waals surface area contributed by atoms with Crippen LogP contribution in [0.25, 0.3) is 0 Å². The highest BCUT2D eigenvalue weighted by atomic mass is 16.5. The lowest BCUT2D eigenvalue weighted by Gasteiger charge is -2.26. The first-order valence-corrected chi connectivity index (χ1v) is 8.63. The van der Waals surface area contributed by atoms with Gasteiger partial charge >= 0.3 is 11.8 Å². The summed E-state index contributed by atoms with van der Waals surface area (Å²) in [5, 5.41) is 5.18. The maximum absolute atomic E-state index is 12.2. The van der Waals surface area contributed by atoms with Crippen molar-refractivity contribution in [2.24, 2.45) is 0 Å². The number of benzene rings is 2. The van der Waals surface area contributed by atoms with Crippen molar-refractivity contribution in [1.82, 2.24) is 5.32 Å². The number of carbonyl (C=O) groups excluding carboxylic acids is 2. The van der Waals surface area contributed by atoms with Gasteiger partial charge in [0, 0.05) is 12.6 Å². The zero-order valence-corrected chi connectivity index (χ0v) is 15.3. The van der Waals surface area contributed by atoms with Crippen molar-refractivity contribution in [1.29, 1.82) is 0 Å². The lowest BCUT2D eigenvalue weighted by Crippen LogP contribution is -2.39. The second kappa shape index (κ2) is 8.55. The average molecular weight is 370 g/mol. The van der Waals surface area contributed by atoms with Gasteiger partial charge in [0.15, 0.2) is 0 Å². The Morgan fingerprint density at radius 2 is 1.93 bits per heavy atom. The van der Waals surface area contributed by atoms with Crippen LogP contribution in [-0.4, -0.2) is 39.2 Å². The molecule has 3 rings (SSSR count). The van der Waals surface area contributed by atoms with Crippen LogP contribution in [0.5, 0.6) is 11.5 Å². The van der Waals surface area contributed by atoms with Gasteiger partial charge in [-0.05, 0) is 29.7 Å². The highest BCUT2D eigenvalue weighted by Gasteiger charge is 2.23. The van der Waals surface area contributed by atoms with E-state index in [-0.39, 0.29) is 12.6 Å². The lowest BCUT2D eigenvalue weighted by atomic mass is 9.97. The molecule has 2 aromatic carbocycles. The van der Waals surface area contributed by atoms with Gasteiger partial charge in [-0.3, -0.25) is 9.59 Å². The Kier molecular flexibility index (Phi) is 5.93. The van der Waals surface area contributed by atoms with Gasteiger partial charge in [-0.1, -0.05) is 24.3 Å². The Bertz CT molecular complexity index is 837. The molecule has 0 fully saturated rings.